The fourth-order valence-corrected chi connectivity index (χ4v) is 3.56. The summed E-state index contributed by atoms with van der Waals surface area (Å²) >= 11 is 0. The zero-order chi connectivity index (χ0) is 16.2. The molecule has 24 heavy (non-hydrogen) atoms. The van der Waals surface area contributed by atoms with Gasteiger partial charge in [-0.15, -0.1) is 0 Å². The van der Waals surface area contributed by atoms with Crippen LogP contribution in [0.5, 0.6) is 0 Å². The fraction of sp³-hybridized carbons (Fsp3) is 0.588. The second kappa shape index (κ2) is 7.27. The number of aromatic nitrogens is 4. The summed E-state index contributed by atoms with van der Waals surface area (Å²) in [6.45, 7) is 5.75. The maximum Gasteiger partial charge on any atom is 0.133 e. The summed E-state index contributed by atoms with van der Waals surface area (Å²) in [6.07, 6.45) is 8.44. The Balaban J connectivity index is 1.41. The molecule has 0 radical (unpaired) electrons. The third-order valence-corrected chi connectivity index (χ3v) is 4.90. The van der Waals surface area contributed by atoms with Crippen molar-refractivity contribution in [1.82, 2.24) is 24.8 Å². The van der Waals surface area contributed by atoms with E-state index in [2.05, 4.69) is 30.2 Å². The number of H-pyrrole nitrogens is 1. The summed E-state index contributed by atoms with van der Waals surface area (Å²) in [7, 11) is 0. The quantitative estimate of drug-likeness (QED) is 0.860. The highest BCUT2D eigenvalue weighted by molar-refractivity contribution is 5.46. The molecule has 1 atom stereocenters. The summed E-state index contributed by atoms with van der Waals surface area (Å²) in [6, 6.07) is 0. The SMILES string of the molecule is c1c[nH]c(CNc2ncnc3c2CCN(C[C@H]2CCOC2)CC3)n1. The second-order valence-corrected chi connectivity index (χ2v) is 6.57. The van der Waals surface area contributed by atoms with Gasteiger partial charge in [-0.25, -0.2) is 15.0 Å². The lowest BCUT2D eigenvalue weighted by atomic mass is 10.1. The van der Waals surface area contributed by atoms with E-state index >= 15 is 0 Å². The smallest absolute Gasteiger partial charge is 0.133 e. The van der Waals surface area contributed by atoms with E-state index in [0.717, 1.165) is 57.3 Å². The maximum absolute atomic E-state index is 5.51. The number of aromatic amines is 1. The van der Waals surface area contributed by atoms with Crippen molar-refractivity contribution in [2.75, 3.05) is 38.2 Å². The summed E-state index contributed by atoms with van der Waals surface area (Å²) in [4.78, 5) is 18.9. The van der Waals surface area contributed by atoms with Gasteiger partial charge in [-0.3, -0.25) is 0 Å². The molecule has 2 aromatic rings. The Morgan fingerprint density at radius 2 is 2.21 bits per heavy atom. The van der Waals surface area contributed by atoms with Crippen LogP contribution in [0.2, 0.25) is 0 Å². The van der Waals surface area contributed by atoms with Gasteiger partial charge >= 0.3 is 0 Å². The maximum atomic E-state index is 5.51. The van der Waals surface area contributed by atoms with E-state index in [4.69, 9.17) is 4.74 Å². The van der Waals surface area contributed by atoms with Crippen LogP contribution in [0.25, 0.3) is 0 Å². The van der Waals surface area contributed by atoms with Crippen LogP contribution in [0.3, 0.4) is 0 Å². The van der Waals surface area contributed by atoms with Gasteiger partial charge in [-0.2, -0.15) is 0 Å². The highest BCUT2D eigenvalue weighted by Crippen LogP contribution is 2.22. The van der Waals surface area contributed by atoms with E-state index in [1.165, 1.54) is 17.7 Å². The lowest BCUT2D eigenvalue weighted by molar-refractivity contribution is 0.168. The van der Waals surface area contributed by atoms with Gasteiger partial charge in [0.05, 0.1) is 18.8 Å². The van der Waals surface area contributed by atoms with Crippen molar-refractivity contribution < 1.29 is 4.74 Å². The highest BCUT2D eigenvalue weighted by atomic mass is 16.5. The molecule has 4 heterocycles. The van der Waals surface area contributed by atoms with E-state index in [1.54, 1.807) is 12.5 Å². The topological polar surface area (TPSA) is 79.0 Å². The Morgan fingerprint density at radius 1 is 1.25 bits per heavy atom. The van der Waals surface area contributed by atoms with Gasteiger partial charge < -0.3 is 19.9 Å². The molecule has 0 aliphatic carbocycles. The van der Waals surface area contributed by atoms with E-state index in [1.807, 2.05) is 6.20 Å². The molecular formula is C17H24N6O. The third kappa shape index (κ3) is 3.57. The van der Waals surface area contributed by atoms with Gasteiger partial charge in [0.2, 0.25) is 0 Å². The lowest BCUT2D eigenvalue weighted by Crippen LogP contribution is -2.32. The summed E-state index contributed by atoms with van der Waals surface area (Å²) in [5.41, 5.74) is 2.44. The second-order valence-electron chi connectivity index (χ2n) is 6.57. The molecule has 2 aromatic heterocycles. The number of ether oxygens (including phenoxy) is 1. The standard InChI is InChI=1S/C17H24N6O/c1-6-23(10-13-3-8-24-11-13)7-2-15-14(1)17(22-12-21-15)20-9-16-18-4-5-19-16/h4-5,12-13H,1-3,6-11H2,(H,18,19)(H,20,21,22)/t13-/m1/s1. The van der Waals surface area contributed by atoms with Crippen molar-refractivity contribution in [2.24, 2.45) is 5.92 Å². The monoisotopic (exact) mass is 328 g/mol. The molecule has 2 aliphatic heterocycles. The van der Waals surface area contributed by atoms with Crippen LogP contribution in [0.1, 0.15) is 23.5 Å². The predicted octanol–water partition coefficient (Wildman–Crippen LogP) is 1.25. The van der Waals surface area contributed by atoms with E-state index in [-0.39, 0.29) is 0 Å². The molecule has 7 nitrogen and oxygen atoms in total. The van der Waals surface area contributed by atoms with Crippen LogP contribution in [-0.4, -0.2) is 57.7 Å². The number of rotatable bonds is 5. The molecule has 7 heteroatoms. The minimum absolute atomic E-state index is 0.652. The molecule has 0 bridgehead atoms. The van der Waals surface area contributed by atoms with Crippen LogP contribution in [0.15, 0.2) is 18.7 Å². The molecule has 0 aromatic carbocycles. The zero-order valence-corrected chi connectivity index (χ0v) is 13.9. The lowest BCUT2D eigenvalue weighted by Gasteiger charge is -2.22. The molecule has 4 rings (SSSR count). The van der Waals surface area contributed by atoms with Gasteiger partial charge in [0.1, 0.15) is 18.0 Å². The molecule has 2 aliphatic rings. The largest absolute Gasteiger partial charge is 0.381 e. The molecule has 0 spiro atoms. The van der Waals surface area contributed by atoms with Gasteiger partial charge in [-0.05, 0) is 18.8 Å². The van der Waals surface area contributed by atoms with Gasteiger partial charge in [0.15, 0.2) is 0 Å². The predicted molar refractivity (Wildman–Crippen MR) is 90.7 cm³/mol. The van der Waals surface area contributed by atoms with Gasteiger partial charge in [0.25, 0.3) is 0 Å². The van der Waals surface area contributed by atoms with Crippen LogP contribution in [0, 0.1) is 5.92 Å². The van der Waals surface area contributed by atoms with Gasteiger partial charge in [-0.1, -0.05) is 0 Å². The Morgan fingerprint density at radius 3 is 3.04 bits per heavy atom. The van der Waals surface area contributed by atoms with Crippen molar-refractivity contribution in [3.8, 4) is 0 Å². The first-order valence-electron chi connectivity index (χ1n) is 8.73. The number of fused-ring (bicyclic) bond motifs is 1. The van der Waals surface area contributed by atoms with Crippen LogP contribution >= 0.6 is 0 Å². The number of nitrogens with one attached hydrogen (secondary N) is 2. The molecule has 2 N–H and O–H groups in total. The molecular weight excluding hydrogens is 304 g/mol. The Kier molecular flexibility index (Phi) is 4.71. The van der Waals surface area contributed by atoms with Gasteiger partial charge in [0, 0.05) is 50.6 Å². The average Bonchev–Trinajstić information content (AvgIpc) is 3.26. The van der Waals surface area contributed by atoms with Crippen LogP contribution in [-0.2, 0) is 24.1 Å². The zero-order valence-electron chi connectivity index (χ0n) is 13.9. The summed E-state index contributed by atoms with van der Waals surface area (Å²) < 4.78 is 5.51. The van der Waals surface area contributed by atoms with Crippen molar-refractivity contribution in [2.45, 2.75) is 25.8 Å². The first kappa shape index (κ1) is 15.5. The van der Waals surface area contributed by atoms with E-state index in [9.17, 15) is 0 Å². The minimum Gasteiger partial charge on any atom is -0.381 e. The van der Waals surface area contributed by atoms with Crippen molar-refractivity contribution in [1.29, 1.82) is 0 Å². The Bertz CT molecular complexity index is 653. The van der Waals surface area contributed by atoms with Crippen molar-refractivity contribution in [3.63, 3.8) is 0 Å². The fourth-order valence-electron chi connectivity index (χ4n) is 3.56. The Hall–Kier alpha value is -1.99. The Labute approximate surface area is 141 Å². The normalized spacial score (nSPS) is 21.4. The molecule has 0 amide bonds. The molecule has 128 valence electrons. The van der Waals surface area contributed by atoms with E-state index < -0.39 is 0 Å². The summed E-state index contributed by atoms with van der Waals surface area (Å²) in [5.74, 6) is 2.55. The molecule has 1 saturated heterocycles. The number of nitrogens with zero attached hydrogens (tertiary/aromatic N) is 4. The number of hydrogen-bond acceptors (Lipinski definition) is 6. The van der Waals surface area contributed by atoms with Crippen molar-refractivity contribution in [3.05, 3.63) is 35.8 Å². The minimum atomic E-state index is 0.652. The average molecular weight is 328 g/mol. The van der Waals surface area contributed by atoms with E-state index in [0.29, 0.717) is 12.5 Å². The van der Waals surface area contributed by atoms with Crippen LogP contribution < -0.4 is 5.32 Å². The number of hydrogen-bond donors (Lipinski definition) is 2. The third-order valence-electron chi connectivity index (χ3n) is 4.90. The molecule has 0 unspecified atom stereocenters. The number of imidazole rings is 1. The van der Waals surface area contributed by atoms with Crippen LogP contribution in [0.4, 0.5) is 5.82 Å². The number of anilines is 1. The first-order chi connectivity index (χ1) is 11.9. The first-order valence-corrected chi connectivity index (χ1v) is 8.73. The molecule has 1 fully saturated rings. The molecule has 0 saturated carbocycles. The van der Waals surface area contributed by atoms with Crippen molar-refractivity contribution >= 4 is 5.82 Å². The summed E-state index contributed by atoms with van der Waals surface area (Å²) in [5, 5.41) is 3.41. The highest BCUT2D eigenvalue weighted by Gasteiger charge is 2.23.